The molecule has 0 aliphatic carbocycles. The normalized spacial score (nSPS) is 19.3. The molecule has 1 fully saturated rings. The predicted octanol–water partition coefficient (Wildman–Crippen LogP) is 1.84. The minimum atomic E-state index is -3.59. The molecule has 0 saturated carbocycles. The fourth-order valence-electron chi connectivity index (χ4n) is 3.09. The van der Waals surface area contributed by atoms with E-state index in [1.165, 1.54) is 6.20 Å². The molecule has 1 aliphatic rings. The zero-order chi connectivity index (χ0) is 16.6. The molecule has 0 N–H and O–H groups in total. The third kappa shape index (κ3) is 2.76. The minimum absolute atomic E-state index is 0.253. The van der Waals surface area contributed by atoms with Crippen molar-refractivity contribution in [3.8, 4) is 0 Å². The van der Waals surface area contributed by atoms with Gasteiger partial charge in [0.15, 0.2) is 0 Å². The second-order valence-electron chi connectivity index (χ2n) is 5.77. The van der Waals surface area contributed by atoms with Gasteiger partial charge >= 0.3 is 0 Å². The first kappa shape index (κ1) is 16.1. The quantitative estimate of drug-likeness (QED) is 0.851. The maximum atomic E-state index is 13.1. The summed E-state index contributed by atoms with van der Waals surface area (Å²) < 4.78 is 29.4. The van der Waals surface area contributed by atoms with Crippen LogP contribution in [0.25, 0.3) is 0 Å². The fraction of sp³-hybridized carbons (Fsp3) is 0.533. The summed E-state index contributed by atoms with van der Waals surface area (Å²) in [7, 11) is -3.59. The van der Waals surface area contributed by atoms with E-state index in [0.29, 0.717) is 24.5 Å². The van der Waals surface area contributed by atoms with Gasteiger partial charge in [-0.2, -0.15) is 9.40 Å². The van der Waals surface area contributed by atoms with Crippen molar-refractivity contribution in [1.82, 2.24) is 24.1 Å². The lowest BCUT2D eigenvalue weighted by Gasteiger charge is -2.23. The molecule has 0 spiro atoms. The third-order valence-corrected chi connectivity index (χ3v) is 6.27. The highest BCUT2D eigenvalue weighted by molar-refractivity contribution is 7.89. The second-order valence-corrected chi connectivity index (χ2v) is 7.63. The van der Waals surface area contributed by atoms with E-state index in [0.717, 1.165) is 18.5 Å². The van der Waals surface area contributed by atoms with Gasteiger partial charge < -0.3 is 0 Å². The zero-order valence-electron chi connectivity index (χ0n) is 13.6. The van der Waals surface area contributed by atoms with Crippen LogP contribution < -0.4 is 0 Å². The molecule has 3 heterocycles. The summed E-state index contributed by atoms with van der Waals surface area (Å²) in [6.45, 7) is 6.74. The fourth-order valence-corrected chi connectivity index (χ4v) is 4.92. The van der Waals surface area contributed by atoms with Crippen LogP contribution in [0.2, 0.25) is 0 Å². The van der Waals surface area contributed by atoms with Gasteiger partial charge in [0, 0.05) is 19.3 Å². The molecule has 0 bridgehead atoms. The van der Waals surface area contributed by atoms with Crippen LogP contribution in [0.5, 0.6) is 0 Å². The lowest BCUT2D eigenvalue weighted by molar-refractivity contribution is 0.389. The van der Waals surface area contributed by atoms with Crippen LogP contribution in [0.1, 0.15) is 42.9 Å². The van der Waals surface area contributed by atoms with Crippen molar-refractivity contribution < 1.29 is 8.42 Å². The van der Waals surface area contributed by atoms with Crippen LogP contribution in [0.3, 0.4) is 0 Å². The van der Waals surface area contributed by atoms with Crippen LogP contribution in [0.15, 0.2) is 23.5 Å². The highest BCUT2D eigenvalue weighted by Crippen LogP contribution is 2.36. The molecule has 3 rings (SSSR count). The Hall–Kier alpha value is -1.80. The topological polar surface area (TPSA) is 81.0 Å². The Morgan fingerprint density at radius 3 is 2.70 bits per heavy atom. The number of hydrogen-bond acceptors (Lipinski definition) is 5. The number of hydrogen-bond donors (Lipinski definition) is 0. The Bertz CT molecular complexity index is 815. The molecular formula is C15H21N5O2S. The van der Waals surface area contributed by atoms with Crippen LogP contribution in [0, 0.1) is 13.8 Å². The van der Waals surface area contributed by atoms with Gasteiger partial charge in [0.2, 0.25) is 10.0 Å². The van der Waals surface area contributed by atoms with Gasteiger partial charge in [-0.3, -0.25) is 14.6 Å². The number of nitrogens with zero attached hydrogens (tertiary/aromatic N) is 5. The van der Waals surface area contributed by atoms with Crippen molar-refractivity contribution in [2.45, 2.75) is 51.1 Å². The van der Waals surface area contributed by atoms with Crippen LogP contribution >= 0.6 is 0 Å². The van der Waals surface area contributed by atoms with Crippen molar-refractivity contribution in [3.05, 3.63) is 35.7 Å². The molecule has 1 atom stereocenters. The number of sulfonamides is 1. The Labute approximate surface area is 136 Å². The molecule has 7 nitrogen and oxygen atoms in total. The maximum absolute atomic E-state index is 13.1. The monoisotopic (exact) mass is 335 g/mol. The third-order valence-electron chi connectivity index (χ3n) is 4.26. The SMILES string of the molecule is CCn1ncc(S(=O)(=O)N2CCC[C@@H]2c2cncc(C)n2)c1C. The Balaban J connectivity index is 2.00. The predicted molar refractivity (Wildman–Crippen MR) is 85.3 cm³/mol. The van der Waals surface area contributed by atoms with E-state index < -0.39 is 10.0 Å². The summed E-state index contributed by atoms with van der Waals surface area (Å²) in [6, 6.07) is -0.253. The summed E-state index contributed by atoms with van der Waals surface area (Å²) >= 11 is 0. The number of aryl methyl sites for hydroxylation is 2. The van der Waals surface area contributed by atoms with E-state index >= 15 is 0 Å². The standard InChI is InChI=1S/C15H21N5O2S/c1-4-19-12(3)15(10-17-19)23(21,22)20-7-5-6-14(20)13-9-16-8-11(2)18-13/h8-10,14H,4-7H2,1-3H3/t14-/m1/s1. The Kier molecular flexibility index (Phi) is 4.20. The van der Waals surface area contributed by atoms with Crippen molar-refractivity contribution in [2.75, 3.05) is 6.54 Å². The zero-order valence-corrected chi connectivity index (χ0v) is 14.4. The number of aromatic nitrogens is 4. The second kappa shape index (κ2) is 6.01. The van der Waals surface area contributed by atoms with Crippen LogP contribution in [-0.4, -0.2) is 39.0 Å². The lowest BCUT2D eigenvalue weighted by Crippen LogP contribution is -2.31. The first-order chi connectivity index (χ1) is 10.9. The molecule has 2 aromatic heterocycles. The average molecular weight is 335 g/mol. The van der Waals surface area contributed by atoms with Crippen molar-refractivity contribution in [1.29, 1.82) is 0 Å². The smallest absolute Gasteiger partial charge is 0.247 e. The highest BCUT2D eigenvalue weighted by atomic mass is 32.2. The molecule has 1 saturated heterocycles. The summed E-state index contributed by atoms with van der Waals surface area (Å²) in [5.41, 5.74) is 2.18. The van der Waals surface area contributed by atoms with Gasteiger partial charge in [-0.25, -0.2) is 8.42 Å². The van der Waals surface area contributed by atoms with Crippen molar-refractivity contribution >= 4 is 10.0 Å². The molecule has 1 aliphatic heterocycles. The largest absolute Gasteiger partial charge is 0.269 e. The highest BCUT2D eigenvalue weighted by Gasteiger charge is 2.38. The molecule has 0 aromatic carbocycles. The van der Waals surface area contributed by atoms with E-state index in [2.05, 4.69) is 15.1 Å². The molecule has 0 radical (unpaired) electrons. The first-order valence-electron chi connectivity index (χ1n) is 7.78. The lowest BCUT2D eigenvalue weighted by atomic mass is 10.2. The average Bonchev–Trinajstić information content (AvgIpc) is 3.14. The molecule has 0 unspecified atom stereocenters. The van der Waals surface area contributed by atoms with E-state index in [4.69, 9.17) is 0 Å². The first-order valence-corrected chi connectivity index (χ1v) is 9.22. The van der Waals surface area contributed by atoms with Crippen LogP contribution in [-0.2, 0) is 16.6 Å². The van der Waals surface area contributed by atoms with Gasteiger partial charge in [0.1, 0.15) is 4.90 Å². The summed E-state index contributed by atoms with van der Waals surface area (Å²) in [5.74, 6) is 0. The van der Waals surface area contributed by atoms with Crippen LogP contribution in [0.4, 0.5) is 0 Å². The van der Waals surface area contributed by atoms with Gasteiger partial charge in [0.25, 0.3) is 0 Å². The van der Waals surface area contributed by atoms with Gasteiger partial charge in [0.05, 0.1) is 35.5 Å². The molecule has 0 amide bonds. The van der Waals surface area contributed by atoms with E-state index in [1.54, 1.807) is 28.3 Å². The summed E-state index contributed by atoms with van der Waals surface area (Å²) in [5, 5.41) is 4.17. The maximum Gasteiger partial charge on any atom is 0.247 e. The van der Waals surface area contributed by atoms with Crippen molar-refractivity contribution in [2.24, 2.45) is 0 Å². The number of rotatable bonds is 4. The minimum Gasteiger partial charge on any atom is -0.269 e. The molecular weight excluding hydrogens is 314 g/mol. The molecule has 8 heteroatoms. The van der Waals surface area contributed by atoms with E-state index in [9.17, 15) is 8.42 Å². The van der Waals surface area contributed by atoms with Gasteiger partial charge in [-0.05, 0) is 33.6 Å². The molecule has 124 valence electrons. The van der Waals surface area contributed by atoms with Gasteiger partial charge in [-0.1, -0.05) is 0 Å². The Morgan fingerprint density at radius 1 is 1.26 bits per heavy atom. The summed E-state index contributed by atoms with van der Waals surface area (Å²) in [4.78, 5) is 8.90. The Morgan fingerprint density at radius 2 is 2.04 bits per heavy atom. The van der Waals surface area contributed by atoms with E-state index in [1.807, 2.05) is 13.8 Å². The summed E-state index contributed by atoms with van der Waals surface area (Å²) in [6.07, 6.45) is 6.37. The van der Waals surface area contributed by atoms with Gasteiger partial charge in [-0.15, -0.1) is 0 Å². The molecule has 2 aromatic rings. The molecule has 23 heavy (non-hydrogen) atoms. The van der Waals surface area contributed by atoms with Crippen molar-refractivity contribution in [3.63, 3.8) is 0 Å². The van der Waals surface area contributed by atoms with E-state index in [-0.39, 0.29) is 10.9 Å².